The van der Waals surface area contributed by atoms with Gasteiger partial charge >= 0.3 is 0 Å². The van der Waals surface area contributed by atoms with Crippen molar-refractivity contribution in [2.24, 2.45) is 0 Å². The van der Waals surface area contributed by atoms with Crippen LogP contribution >= 0.6 is 11.3 Å². The summed E-state index contributed by atoms with van der Waals surface area (Å²) in [6.07, 6.45) is 0.418. The van der Waals surface area contributed by atoms with E-state index in [9.17, 15) is 4.79 Å². The van der Waals surface area contributed by atoms with Gasteiger partial charge < -0.3 is 10.3 Å². The van der Waals surface area contributed by atoms with Crippen LogP contribution in [-0.2, 0) is 17.8 Å². The monoisotopic (exact) mass is 284 g/mol. The fraction of sp³-hybridized carbons (Fsp3) is 0.188. The molecule has 0 bridgehead atoms. The third-order valence-electron chi connectivity index (χ3n) is 3.40. The van der Waals surface area contributed by atoms with Crippen LogP contribution in [0.2, 0.25) is 0 Å². The van der Waals surface area contributed by atoms with E-state index in [4.69, 9.17) is 0 Å². The van der Waals surface area contributed by atoms with E-state index in [2.05, 4.69) is 16.4 Å². The Kier molecular flexibility index (Phi) is 3.56. The van der Waals surface area contributed by atoms with E-state index in [0.29, 0.717) is 13.0 Å². The average molecular weight is 284 g/mol. The van der Waals surface area contributed by atoms with Crippen molar-refractivity contribution in [2.75, 3.05) is 0 Å². The van der Waals surface area contributed by atoms with Crippen LogP contribution in [0.15, 0.2) is 41.8 Å². The Bertz CT molecular complexity index is 728. The fourth-order valence-electron chi connectivity index (χ4n) is 2.38. The lowest BCUT2D eigenvalue weighted by molar-refractivity contribution is -0.120. The van der Waals surface area contributed by atoms with Crippen molar-refractivity contribution in [2.45, 2.75) is 19.9 Å². The number of carbonyl (C=O) groups is 1. The van der Waals surface area contributed by atoms with Crippen LogP contribution in [-0.4, -0.2) is 10.9 Å². The maximum atomic E-state index is 12.1. The first kappa shape index (κ1) is 12.9. The van der Waals surface area contributed by atoms with Gasteiger partial charge in [-0.05, 0) is 30.0 Å². The summed E-state index contributed by atoms with van der Waals surface area (Å²) in [5, 5.41) is 6.13. The zero-order valence-electron chi connectivity index (χ0n) is 11.3. The van der Waals surface area contributed by atoms with Gasteiger partial charge in [-0.2, -0.15) is 0 Å². The van der Waals surface area contributed by atoms with E-state index < -0.39 is 0 Å². The Morgan fingerprint density at radius 2 is 2.10 bits per heavy atom. The Balaban J connectivity index is 1.72. The largest absolute Gasteiger partial charge is 0.358 e. The number of rotatable bonds is 4. The minimum absolute atomic E-state index is 0.0613. The van der Waals surface area contributed by atoms with E-state index >= 15 is 0 Å². The molecule has 0 radical (unpaired) electrons. The summed E-state index contributed by atoms with van der Waals surface area (Å²) in [5.74, 6) is 0.0613. The smallest absolute Gasteiger partial charge is 0.224 e. The van der Waals surface area contributed by atoms with Gasteiger partial charge in [0.2, 0.25) is 5.91 Å². The topological polar surface area (TPSA) is 44.9 Å². The third kappa shape index (κ3) is 2.60. The zero-order chi connectivity index (χ0) is 13.9. The number of aromatic amines is 1. The van der Waals surface area contributed by atoms with Crippen LogP contribution in [0, 0.1) is 6.92 Å². The second-order valence-electron chi connectivity index (χ2n) is 4.81. The SMILES string of the molecule is Cc1[nH]c2ccccc2c1CC(=O)NCc1cccs1. The average Bonchev–Trinajstić information content (AvgIpc) is 3.06. The van der Waals surface area contributed by atoms with Gasteiger partial charge in [0.25, 0.3) is 0 Å². The van der Waals surface area contributed by atoms with Crippen LogP contribution in [0.1, 0.15) is 16.1 Å². The number of aromatic nitrogens is 1. The molecule has 102 valence electrons. The highest BCUT2D eigenvalue weighted by atomic mass is 32.1. The number of amides is 1. The second-order valence-corrected chi connectivity index (χ2v) is 5.84. The minimum atomic E-state index is 0.0613. The molecule has 0 atom stereocenters. The minimum Gasteiger partial charge on any atom is -0.358 e. The van der Waals surface area contributed by atoms with Crippen molar-refractivity contribution < 1.29 is 4.79 Å². The van der Waals surface area contributed by atoms with Crippen LogP contribution < -0.4 is 5.32 Å². The van der Waals surface area contributed by atoms with Crippen molar-refractivity contribution in [3.05, 3.63) is 57.9 Å². The zero-order valence-corrected chi connectivity index (χ0v) is 12.1. The van der Waals surface area contributed by atoms with Gasteiger partial charge in [-0.15, -0.1) is 11.3 Å². The van der Waals surface area contributed by atoms with E-state index in [-0.39, 0.29) is 5.91 Å². The molecule has 20 heavy (non-hydrogen) atoms. The quantitative estimate of drug-likeness (QED) is 0.758. The van der Waals surface area contributed by atoms with Crippen LogP contribution in [0.4, 0.5) is 0 Å². The van der Waals surface area contributed by atoms with Crippen LogP contribution in [0.3, 0.4) is 0 Å². The summed E-state index contributed by atoms with van der Waals surface area (Å²) in [7, 11) is 0. The maximum Gasteiger partial charge on any atom is 0.224 e. The molecule has 2 heterocycles. The van der Waals surface area contributed by atoms with Crippen molar-refractivity contribution in [1.82, 2.24) is 10.3 Å². The first-order valence-corrected chi connectivity index (χ1v) is 7.47. The molecular formula is C16H16N2OS. The standard InChI is InChI=1S/C16H16N2OS/c1-11-14(13-6-2-3-7-15(13)18-11)9-16(19)17-10-12-5-4-8-20-12/h2-8,18H,9-10H2,1H3,(H,17,19). The Hall–Kier alpha value is -2.07. The van der Waals surface area contributed by atoms with Crippen molar-refractivity contribution in [1.29, 1.82) is 0 Å². The predicted octanol–water partition coefficient (Wildman–Crippen LogP) is 3.40. The molecular weight excluding hydrogens is 268 g/mol. The first-order chi connectivity index (χ1) is 9.74. The predicted molar refractivity (Wildman–Crippen MR) is 82.9 cm³/mol. The van der Waals surface area contributed by atoms with Gasteiger partial charge in [-0.25, -0.2) is 0 Å². The summed E-state index contributed by atoms with van der Waals surface area (Å²) < 4.78 is 0. The highest BCUT2D eigenvalue weighted by Crippen LogP contribution is 2.22. The van der Waals surface area contributed by atoms with Crippen molar-refractivity contribution >= 4 is 28.1 Å². The summed E-state index contributed by atoms with van der Waals surface area (Å²) >= 11 is 1.66. The molecule has 4 heteroatoms. The van der Waals surface area contributed by atoms with Gasteiger partial charge in [-0.3, -0.25) is 4.79 Å². The molecule has 2 aromatic heterocycles. The van der Waals surface area contributed by atoms with Gasteiger partial charge in [0.1, 0.15) is 0 Å². The van der Waals surface area contributed by atoms with Crippen LogP contribution in [0.25, 0.3) is 10.9 Å². The number of H-pyrrole nitrogens is 1. The van der Waals surface area contributed by atoms with Gasteiger partial charge in [0.15, 0.2) is 0 Å². The van der Waals surface area contributed by atoms with E-state index in [1.54, 1.807) is 11.3 Å². The van der Waals surface area contributed by atoms with E-state index in [1.807, 2.05) is 42.6 Å². The molecule has 0 aliphatic rings. The number of benzene rings is 1. The lowest BCUT2D eigenvalue weighted by atomic mass is 10.1. The summed E-state index contributed by atoms with van der Waals surface area (Å²) in [6, 6.07) is 12.1. The summed E-state index contributed by atoms with van der Waals surface area (Å²) in [4.78, 5) is 16.6. The second kappa shape index (κ2) is 5.51. The third-order valence-corrected chi connectivity index (χ3v) is 4.28. The number of para-hydroxylation sites is 1. The molecule has 3 aromatic rings. The number of thiophene rings is 1. The normalized spacial score (nSPS) is 10.8. The summed E-state index contributed by atoms with van der Waals surface area (Å²) in [6.45, 7) is 2.62. The Labute approximate surface area is 121 Å². The molecule has 1 amide bonds. The number of nitrogens with one attached hydrogen (secondary N) is 2. The lowest BCUT2D eigenvalue weighted by Crippen LogP contribution is -2.24. The number of aryl methyl sites for hydroxylation is 1. The molecule has 0 fully saturated rings. The van der Waals surface area contributed by atoms with E-state index in [1.165, 1.54) is 4.88 Å². The maximum absolute atomic E-state index is 12.1. The molecule has 2 N–H and O–H groups in total. The molecule has 0 saturated heterocycles. The Morgan fingerprint density at radius 1 is 1.25 bits per heavy atom. The van der Waals surface area contributed by atoms with Crippen molar-refractivity contribution in [3.63, 3.8) is 0 Å². The number of hydrogen-bond donors (Lipinski definition) is 2. The first-order valence-electron chi connectivity index (χ1n) is 6.59. The Morgan fingerprint density at radius 3 is 2.90 bits per heavy atom. The number of fused-ring (bicyclic) bond motifs is 1. The van der Waals surface area contributed by atoms with E-state index in [0.717, 1.165) is 22.2 Å². The molecule has 0 aliphatic carbocycles. The summed E-state index contributed by atoms with van der Waals surface area (Å²) in [5.41, 5.74) is 3.24. The molecule has 3 rings (SSSR count). The lowest BCUT2D eigenvalue weighted by Gasteiger charge is -2.04. The molecule has 0 spiro atoms. The van der Waals surface area contributed by atoms with Gasteiger partial charge in [0.05, 0.1) is 13.0 Å². The number of hydrogen-bond acceptors (Lipinski definition) is 2. The molecule has 3 nitrogen and oxygen atoms in total. The molecule has 0 aliphatic heterocycles. The van der Waals surface area contributed by atoms with Crippen LogP contribution in [0.5, 0.6) is 0 Å². The molecule has 0 saturated carbocycles. The highest BCUT2D eigenvalue weighted by Gasteiger charge is 2.11. The van der Waals surface area contributed by atoms with Gasteiger partial charge in [0, 0.05) is 21.5 Å². The molecule has 1 aromatic carbocycles. The number of carbonyl (C=O) groups excluding carboxylic acids is 1. The van der Waals surface area contributed by atoms with Gasteiger partial charge in [-0.1, -0.05) is 24.3 Å². The van der Waals surface area contributed by atoms with Crippen molar-refractivity contribution in [3.8, 4) is 0 Å². The highest BCUT2D eigenvalue weighted by molar-refractivity contribution is 7.09. The molecule has 0 unspecified atom stereocenters. The fourth-order valence-corrected chi connectivity index (χ4v) is 3.03.